The SMILES string of the molecule is CCn1nnc2cc(C(=O)N3CCN(c4ccc(OC)cc4)CC3)ccc21. The van der Waals surface area contributed by atoms with Crippen molar-refractivity contribution in [2.75, 3.05) is 38.2 Å². The Morgan fingerprint density at radius 1 is 1.07 bits per heavy atom. The third-order valence-corrected chi connectivity index (χ3v) is 5.06. The molecule has 2 aromatic carbocycles. The summed E-state index contributed by atoms with van der Waals surface area (Å²) in [6.45, 7) is 5.81. The maximum atomic E-state index is 12.9. The Kier molecular flexibility index (Phi) is 4.66. The molecule has 1 aliphatic rings. The van der Waals surface area contributed by atoms with E-state index in [0.29, 0.717) is 18.7 Å². The normalized spacial score (nSPS) is 14.6. The number of amides is 1. The van der Waals surface area contributed by atoms with E-state index in [1.165, 1.54) is 0 Å². The van der Waals surface area contributed by atoms with Gasteiger partial charge in [-0.05, 0) is 49.4 Å². The number of methoxy groups -OCH3 is 1. The van der Waals surface area contributed by atoms with Crippen molar-refractivity contribution in [1.82, 2.24) is 19.9 Å². The zero-order chi connectivity index (χ0) is 18.8. The zero-order valence-electron chi connectivity index (χ0n) is 15.6. The van der Waals surface area contributed by atoms with Crippen molar-refractivity contribution in [3.63, 3.8) is 0 Å². The monoisotopic (exact) mass is 365 g/mol. The molecule has 1 aromatic heterocycles. The fourth-order valence-electron chi connectivity index (χ4n) is 3.48. The molecule has 0 saturated carbocycles. The van der Waals surface area contributed by atoms with Gasteiger partial charge in [-0.1, -0.05) is 5.21 Å². The highest BCUT2D eigenvalue weighted by molar-refractivity contribution is 5.97. The molecule has 1 amide bonds. The molecule has 27 heavy (non-hydrogen) atoms. The van der Waals surface area contributed by atoms with Crippen LogP contribution in [-0.4, -0.2) is 59.1 Å². The average Bonchev–Trinajstić information content (AvgIpc) is 3.16. The number of fused-ring (bicyclic) bond motifs is 1. The van der Waals surface area contributed by atoms with E-state index >= 15 is 0 Å². The minimum Gasteiger partial charge on any atom is -0.497 e. The Balaban J connectivity index is 1.43. The summed E-state index contributed by atoms with van der Waals surface area (Å²) in [6.07, 6.45) is 0. The van der Waals surface area contributed by atoms with Crippen LogP contribution in [0.15, 0.2) is 42.5 Å². The Bertz CT molecular complexity index is 943. The molecule has 3 aromatic rings. The molecule has 2 heterocycles. The molecular weight excluding hydrogens is 342 g/mol. The van der Waals surface area contributed by atoms with Gasteiger partial charge in [0.2, 0.25) is 0 Å². The lowest BCUT2D eigenvalue weighted by molar-refractivity contribution is 0.0747. The highest BCUT2D eigenvalue weighted by atomic mass is 16.5. The number of ether oxygens (including phenoxy) is 1. The van der Waals surface area contributed by atoms with E-state index < -0.39 is 0 Å². The van der Waals surface area contributed by atoms with Gasteiger partial charge in [-0.25, -0.2) is 4.68 Å². The number of carbonyl (C=O) groups is 1. The minimum atomic E-state index is 0.0531. The van der Waals surface area contributed by atoms with Crippen LogP contribution in [0.4, 0.5) is 5.69 Å². The van der Waals surface area contributed by atoms with Crippen LogP contribution < -0.4 is 9.64 Å². The predicted octanol–water partition coefficient (Wildman–Crippen LogP) is 2.42. The molecule has 140 valence electrons. The summed E-state index contributed by atoms with van der Waals surface area (Å²) in [5.74, 6) is 0.903. The van der Waals surface area contributed by atoms with Gasteiger partial charge in [0.05, 0.1) is 12.6 Å². The third-order valence-electron chi connectivity index (χ3n) is 5.06. The Morgan fingerprint density at radius 3 is 2.48 bits per heavy atom. The van der Waals surface area contributed by atoms with Gasteiger partial charge >= 0.3 is 0 Å². The second kappa shape index (κ2) is 7.26. The smallest absolute Gasteiger partial charge is 0.254 e. The van der Waals surface area contributed by atoms with E-state index in [0.717, 1.165) is 42.1 Å². The molecule has 0 bridgehead atoms. The van der Waals surface area contributed by atoms with Crippen LogP contribution in [-0.2, 0) is 6.54 Å². The lowest BCUT2D eigenvalue weighted by Gasteiger charge is -2.36. The summed E-state index contributed by atoms with van der Waals surface area (Å²) in [5, 5.41) is 8.28. The van der Waals surface area contributed by atoms with Crippen LogP contribution >= 0.6 is 0 Å². The van der Waals surface area contributed by atoms with Crippen molar-refractivity contribution in [2.45, 2.75) is 13.5 Å². The summed E-state index contributed by atoms with van der Waals surface area (Å²) >= 11 is 0. The van der Waals surface area contributed by atoms with Crippen LogP contribution in [0.1, 0.15) is 17.3 Å². The molecule has 7 nitrogen and oxygen atoms in total. The van der Waals surface area contributed by atoms with Crippen molar-refractivity contribution in [3.05, 3.63) is 48.0 Å². The van der Waals surface area contributed by atoms with Crippen LogP contribution in [0, 0.1) is 0 Å². The van der Waals surface area contributed by atoms with E-state index in [9.17, 15) is 4.79 Å². The van der Waals surface area contributed by atoms with E-state index in [2.05, 4.69) is 27.3 Å². The molecule has 0 spiro atoms. The molecule has 0 N–H and O–H groups in total. The number of piperazine rings is 1. The lowest BCUT2D eigenvalue weighted by atomic mass is 10.1. The lowest BCUT2D eigenvalue weighted by Crippen LogP contribution is -2.48. The number of rotatable bonds is 4. The van der Waals surface area contributed by atoms with Crippen molar-refractivity contribution in [3.8, 4) is 5.75 Å². The summed E-state index contributed by atoms with van der Waals surface area (Å²) in [5.41, 5.74) is 3.54. The Hall–Kier alpha value is -3.09. The number of carbonyl (C=O) groups excluding carboxylic acids is 1. The third kappa shape index (κ3) is 3.32. The maximum Gasteiger partial charge on any atom is 0.254 e. The summed E-state index contributed by atoms with van der Waals surface area (Å²) in [4.78, 5) is 17.1. The van der Waals surface area contributed by atoms with Gasteiger partial charge in [0.25, 0.3) is 5.91 Å². The first-order chi connectivity index (χ1) is 13.2. The number of nitrogens with zero attached hydrogens (tertiary/aromatic N) is 5. The van der Waals surface area contributed by atoms with Crippen LogP contribution in [0.5, 0.6) is 5.75 Å². The van der Waals surface area contributed by atoms with Crippen LogP contribution in [0.2, 0.25) is 0 Å². The second-order valence-electron chi connectivity index (χ2n) is 6.59. The van der Waals surface area contributed by atoms with Gasteiger partial charge in [-0.3, -0.25) is 4.79 Å². The Labute approximate surface area is 158 Å². The van der Waals surface area contributed by atoms with Gasteiger partial charge in [0, 0.05) is 44.0 Å². The fourth-order valence-corrected chi connectivity index (χ4v) is 3.48. The molecule has 0 aliphatic carbocycles. The maximum absolute atomic E-state index is 12.9. The van der Waals surface area contributed by atoms with Gasteiger partial charge in [0.15, 0.2) is 0 Å². The number of hydrogen-bond donors (Lipinski definition) is 0. The largest absolute Gasteiger partial charge is 0.497 e. The van der Waals surface area contributed by atoms with E-state index in [-0.39, 0.29) is 5.91 Å². The molecule has 0 radical (unpaired) electrons. The van der Waals surface area contributed by atoms with Crippen LogP contribution in [0.25, 0.3) is 11.0 Å². The number of aryl methyl sites for hydroxylation is 1. The number of anilines is 1. The Morgan fingerprint density at radius 2 is 1.81 bits per heavy atom. The van der Waals surface area contributed by atoms with E-state index in [1.54, 1.807) is 7.11 Å². The highest BCUT2D eigenvalue weighted by Gasteiger charge is 2.23. The zero-order valence-corrected chi connectivity index (χ0v) is 15.6. The highest BCUT2D eigenvalue weighted by Crippen LogP contribution is 2.21. The summed E-state index contributed by atoms with van der Waals surface area (Å²) < 4.78 is 7.04. The number of hydrogen-bond acceptors (Lipinski definition) is 5. The van der Waals surface area contributed by atoms with Gasteiger partial charge in [-0.2, -0.15) is 0 Å². The fraction of sp³-hybridized carbons (Fsp3) is 0.350. The average molecular weight is 365 g/mol. The number of benzene rings is 2. The molecule has 1 fully saturated rings. The standard InChI is InChI=1S/C20H23N5O2/c1-3-25-19-9-4-15(14-18(19)21-22-25)20(26)24-12-10-23(11-13-24)16-5-7-17(27-2)8-6-16/h4-9,14H,3,10-13H2,1-2H3. The topological polar surface area (TPSA) is 63.5 Å². The van der Waals surface area contributed by atoms with Crippen molar-refractivity contribution in [1.29, 1.82) is 0 Å². The molecule has 1 aliphatic heterocycles. The molecule has 4 rings (SSSR count). The van der Waals surface area contributed by atoms with E-state index in [4.69, 9.17) is 4.74 Å². The second-order valence-corrected chi connectivity index (χ2v) is 6.59. The molecule has 0 unspecified atom stereocenters. The van der Waals surface area contributed by atoms with Crippen molar-refractivity contribution < 1.29 is 9.53 Å². The van der Waals surface area contributed by atoms with Crippen LogP contribution in [0.3, 0.4) is 0 Å². The molecule has 1 saturated heterocycles. The van der Waals surface area contributed by atoms with Gasteiger partial charge < -0.3 is 14.5 Å². The first-order valence-electron chi connectivity index (χ1n) is 9.21. The van der Waals surface area contributed by atoms with Crippen molar-refractivity contribution in [2.24, 2.45) is 0 Å². The quantitative estimate of drug-likeness (QED) is 0.711. The molecule has 0 atom stereocenters. The molecule has 7 heteroatoms. The minimum absolute atomic E-state index is 0.0531. The van der Waals surface area contributed by atoms with Gasteiger partial charge in [0.1, 0.15) is 11.3 Å². The van der Waals surface area contributed by atoms with Gasteiger partial charge in [-0.15, -0.1) is 5.10 Å². The predicted molar refractivity (Wildman–Crippen MR) is 104 cm³/mol. The van der Waals surface area contributed by atoms with Crippen molar-refractivity contribution >= 4 is 22.6 Å². The first-order valence-corrected chi connectivity index (χ1v) is 9.21. The first kappa shape index (κ1) is 17.3. The number of aromatic nitrogens is 3. The molecular formula is C20H23N5O2. The summed E-state index contributed by atoms with van der Waals surface area (Å²) in [7, 11) is 1.67. The van der Waals surface area contributed by atoms with E-state index in [1.807, 2.05) is 46.8 Å². The summed E-state index contributed by atoms with van der Waals surface area (Å²) in [6, 6.07) is 13.7.